The van der Waals surface area contributed by atoms with Gasteiger partial charge < -0.3 is 11.2 Å². The molecule has 3 N–H and O–H groups in total. The minimum Gasteiger partial charge on any atom is -0.332 e. The molecule has 172 valence electrons. The van der Waals surface area contributed by atoms with Crippen molar-refractivity contribution < 1.29 is 4.39 Å². The van der Waals surface area contributed by atoms with E-state index < -0.39 is 17.1 Å². The molecule has 4 rings (SSSR count). The third-order valence-electron chi connectivity index (χ3n) is 7.17. The summed E-state index contributed by atoms with van der Waals surface area (Å²) in [7, 11) is 0. The Bertz CT molecular complexity index is 1200. The van der Waals surface area contributed by atoms with Crippen molar-refractivity contribution in [2.24, 2.45) is 5.41 Å². The first-order chi connectivity index (χ1) is 15.2. The van der Waals surface area contributed by atoms with Gasteiger partial charge in [-0.15, -0.1) is 0 Å². The zero-order valence-corrected chi connectivity index (χ0v) is 18.9. The lowest BCUT2D eigenvalue weighted by molar-refractivity contribution is 0.0900. The molecule has 9 heteroatoms. The van der Waals surface area contributed by atoms with Gasteiger partial charge in [-0.3, -0.25) is 14.3 Å². The van der Waals surface area contributed by atoms with Crippen molar-refractivity contribution in [2.75, 3.05) is 32.0 Å². The van der Waals surface area contributed by atoms with Crippen LogP contribution in [0, 0.1) is 29.5 Å². The first kappa shape index (κ1) is 22.5. The lowest BCUT2D eigenvalue weighted by Crippen LogP contribution is -2.45. The van der Waals surface area contributed by atoms with Crippen molar-refractivity contribution in [1.29, 1.82) is 5.26 Å². The molecule has 2 unspecified atom stereocenters. The molecule has 1 aromatic carbocycles. The summed E-state index contributed by atoms with van der Waals surface area (Å²) in [5.74, 6) is 5.29. The Morgan fingerprint density at radius 3 is 2.72 bits per heavy atom. The molecule has 2 aromatic rings. The highest BCUT2D eigenvalue weighted by Crippen LogP contribution is 2.46. The molecular weight excluding hydrogens is 411 g/mol. The number of halogens is 1. The van der Waals surface area contributed by atoms with Gasteiger partial charge in [-0.1, -0.05) is 13.8 Å². The Morgan fingerprint density at radius 1 is 1.44 bits per heavy atom. The number of nitriles is 1. The monoisotopic (exact) mass is 442 g/mol. The number of nitrogens with two attached hydrogens (primary N) is 1. The van der Waals surface area contributed by atoms with Gasteiger partial charge in [0, 0.05) is 42.6 Å². The average molecular weight is 443 g/mol. The van der Waals surface area contributed by atoms with Crippen molar-refractivity contribution in [1.82, 2.24) is 19.5 Å². The van der Waals surface area contributed by atoms with Crippen molar-refractivity contribution in [3.63, 3.8) is 0 Å². The molecule has 2 fully saturated rings. The molecule has 32 heavy (non-hydrogen) atoms. The van der Waals surface area contributed by atoms with E-state index in [0.717, 1.165) is 32.4 Å². The minimum atomic E-state index is -0.683. The summed E-state index contributed by atoms with van der Waals surface area (Å²) in [6.45, 7) is 8.68. The zero-order chi connectivity index (χ0) is 23.2. The van der Waals surface area contributed by atoms with E-state index >= 15 is 4.39 Å². The standard InChI is InChI=1S/C23H31FN6O2/c1-4-28(11-5-9-25)20(23(3)8-10-27-13-23)18-14(2)19-16(12-17(18)24)21(31)30(26)22(32)29(19)15-6-7-15/h12,15,20,27H,4-8,10-11,13,26H2,1-3H3. The van der Waals surface area contributed by atoms with E-state index in [2.05, 4.69) is 23.2 Å². The molecule has 2 atom stereocenters. The number of rotatable bonds is 7. The van der Waals surface area contributed by atoms with Gasteiger partial charge >= 0.3 is 5.69 Å². The van der Waals surface area contributed by atoms with Gasteiger partial charge in [0.1, 0.15) is 5.82 Å². The molecule has 0 spiro atoms. The first-order valence-electron chi connectivity index (χ1n) is 11.3. The summed E-state index contributed by atoms with van der Waals surface area (Å²) in [6.07, 6.45) is 2.85. The van der Waals surface area contributed by atoms with E-state index in [0.29, 0.717) is 40.8 Å². The molecule has 1 aromatic heterocycles. The van der Waals surface area contributed by atoms with Crippen LogP contribution < -0.4 is 22.4 Å². The predicted molar refractivity (Wildman–Crippen MR) is 121 cm³/mol. The molecular formula is C23H31FN6O2. The van der Waals surface area contributed by atoms with Gasteiger partial charge in [0.05, 0.1) is 17.0 Å². The molecule has 1 aliphatic carbocycles. The average Bonchev–Trinajstić information content (AvgIpc) is 3.51. The van der Waals surface area contributed by atoms with Gasteiger partial charge in [0.15, 0.2) is 0 Å². The quantitative estimate of drug-likeness (QED) is 0.635. The second-order valence-electron chi connectivity index (χ2n) is 9.37. The molecule has 1 aliphatic heterocycles. The van der Waals surface area contributed by atoms with Crippen LogP contribution in [-0.4, -0.2) is 40.3 Å². The Hall–Kier alpha value is -2.70. The number of nitrogen functional groups attached to an aromatic ring is 1. The summed E-state index contributed by atoms with van der Waals surface area (Å²) < 4.78 is 18.0. The highest BCUT2D eigenvalue weighted by molar-refractivity contribution is 5.83. The van der Waals surface area contributed by atoms with Gasteiger partial charge in [-0.05, 0) is 50.9 Å². The van der Waals surface area contributed by atoms with Gasteiger partial charge in [0.25, 0.3) is 5.56 Å². The SMILES string of the molecule is CCN(CCC#N)C(c1c(F)cc2c(=O)n(N)c(=O)n(C3CC3)c2c1C)C1(C)CCNC1. The van der Waals surface area contributed by atoms with Crippen molar-refractivity contribution in [3.05, 3.63) is 43.8 Å². The van der Waals surface area contributed by atoms with Crippen LogP contribution in [0.5, 0.6) is 0 Å². The largest absolute Gasteiger partial charge is 0.350 e. The third kappa shape index (κ3) is 3.51. The smallest absolute Gasteiger partial charge is 0.332 e. The van der Waals surface area contributed by atoms with Gasteiger partial charge in [-0.2, -0.15) is 9.94 Å². The molecule has 2 heterocycles. The van der Waals surface area contributed by atoms with Crippen LogP contribution in [0.1, 0.15) is 62.7 Å². The van der Waals surface area contributed by atoms with Crippen LogP contribution in [0.4, 0.5) is 4.39 Å². The Morgan fingerprint density at radius 2 is 2.16 bits per heavy atom. The third-order valence-corrected chi connectivity index (χ3v) is 7.17. The number of benzene rings is 1. The van der Waals surface area contributed by atoms with Gasteiger partial charge in [0.2, 0.25) is 0 Å². The molecule has 2 aliphatic rings. The summed E-state index contributed by atoms with van der Waals surface area (Å²) in [5.41, 5.74) is 0.0849. The summed E-state index contributed by atoms with van der Waals surface area (Å²) in [5, 5.41) is 12.7. The predicted octanol–water partition coefficient (Wildman–Crippen LogP) is 1.94. The van der Waals surface area contributed by atoms with Crippen molar-refractivity contribution in [2.45, 2.75) is 58.5 Å². The lowest BCUT2D eigenvalue weighted by Gasteiger charge is -2.42. The second-order valence-corrected chi connectivity index (χ2v) is 9.37. The van der Waals surface area contributed by atoms with E-state index in [1.165, 1.54) is 6.07 Å². The number of aromatic nitrogens is 2. The fourth-order valence-electron chi connectivity index (χ4n) is 5.40. The van der Waals surface area contributed by atoms with Crippen LogP contribution in [0.2, 0.25) is 0 Å². The number of hydrogen-bond acceptors (Lipinski definition) is 6. The van der Waals surface area contributed by atoms with Crippen molar-refractivity contribution in [3.8, 4) is 6.07 Å². The number of aryl methyl sites for hydroxylation is 1. The maximum atomic E-state index is 15.8. The Kier molecular flexibility index (Phi) is 5.86. The highest BCUT2D eigenvalue weighted by Gasteiger charge is 2.43. The number of fused-ring (bicyclic) bond motifs is 1. The normalized spacial score (nSPS) is 21.9. The van der Waals surface area contributed by atoms with E-state index in [9.17, 15) is 14.9 Å². The fraction of sp³-hybridized carbons (Fsp3) is 0.609. The fourth-order valence-corrected chi connectivity index (χ4v) is 5.40. The minimum absolute atomic E-state index is 0.0273. The highest BCUT2D eigenvalue weighted by atomic mass is 19.1. The van der Waals surface area contributed by atoms with Crippen LogP contribution >= 0.6 is 0 Å². The van der Waals surface area contributed by atoms with Crippen LogP contribution in [0.15, 0.2) is 15.7 Å². The van der Waals surface area contributed by atoms with Crippen molar-refractivity contribution >= 4 is 10.9 Å². The first-order valence-corrected chi connectivity index (χ1v) is 11.3. The zero-order valence-electron chi connectivity index (χ0n) is 18.9. The van der Waals surface area contributed by atoms with Crippen LogP contribution in [0.25, 0.3) is 10.9 Å². The van der Waals surface area contributed by atoms with E-state index in [-0.39, 0.29) is 22.9 Å². The summed E-state index contributed by atoms with van der Waals surface area (Å²) in [4.78, 5) is 27.8. The Labute approximate surface area is 186 Å². The molecule has 0 bridgehead atoms. The summed E-state index contributed by atoms with van der Waals surface area (Å²) >= 11 is 0. The number of hydrogen-bond donors (Lipinski definition) is 2. The van der Waals surface area contributed by atoms with Gasteiger partial charge in [-0.25, -0.2) is 9.18 Å². The number of nitrogens with zero attached hydrogens (tertiary/aromatic N) is 4. The molecule has 1 saturated heterocycles. The maximum Gasteiger partial charge on any atom is 0.350 e. The van der Waals surface area contributed by atoms with Crippen LogP contribution in [0.3, 0.4) is 0 Å². The molecule has 1 saturated carbocycles. The molecule has 8 nitrogen and oxygen atoms in total. The van der Waals surface area contributed by atoms with E-state index in [1.54, 1.807) is 11.5 Å². The Balaban J connectivity index is 2.04. The molecule has 0 amide bonds. The maximum absolute atomic E-state index is 15.8. The van der Waals surface area contributed by atoms with E-state index in [1.807, 2.05) is 6.92 Å². The number of nitrogens with one attached hydrogen (secondary N) is 1. The topological polar surface area (TPSA) is 109 Å². The van der Waals surface area contributed by atoms with E-state index in [4.69, 9.17) is 5.84 Å². The lowest BCUT2D eigenvalue weighted by atomic mass is 9.75. The molecule has 0 radical (unpaired) electrons. The summed E-state index contributed by atoms with van der Waals surface area (Å²) in [6, 6.07) is 3.12. The second kappa shape index (κ2) is 8.34. The van der Waals surface area contributed by atoms with Crippen LogP contribution in [-0.2, 0) is 0 Å².